The molecule has 1 N–H and O–H groups in total. The highest BCUT2D eigenvalue weighted by molar-refractivity contribution is 5.91. The van der Waals surface area contributed by atoms with Gasteiger partial charge in [-0.15, -0.1) is 0 Å². The average molecular weight is 328 g/mol. The second-order valence-electron chi connectivity index (χ2n) is 6.22. The Kier molecular flexibility index (Phi) is 5.61. The van der Waals surface area contributed by atoms with Crippen LogP contribution < -0.4 is 5.32 Å². The van der Waals surface area contributed by atoms with Gasteiger partial charge in [-0.2, -0.15) is 0 Å². The Bertz CT molecular complexity index is 648. The van der Waals surface area contributed by atoms with Crippen molar-refractivity contribution in [3.63, 3.8) is 0 Å². The number of anilines is 1. The van der Waals surface area contributed by atoms with Gasteiger partial charge in [-0.3, -0.25) is 9.69 Å². The highest BCUT2D eigenvalue weighted by Gasteiger charge is 2.19. The van der Waals surface area contributed by atoms with E-state index in [2.05, 4.69) is 44.5 Å². The maximum Gasteiger partial charge on any atom is 0.239 e. The van der Waals surface area contributed by atoms with Crippen molar-refractivity contribution in [1.82, 2.24) is 15.0 Å². The first kappa shape index (κ1) is 16.7. The molecule has 0 bridgehead atoms. The number of aromatic nitrogens is 1. The van der Waals surface area contributed by atoms with Crippen molar-refractivity contribution in [1.29, 1.82) is 0 Å². The molecule has 1 aromatic heterocycles. The molecule has 1 amide bonds. The van der Waals surface area contributed by atoms with Crippen molar-refractivity contribution in [2.45, 2.75) is 13.3 Å². The molecule has 1 saturated heterocycles. The predicted molar refractivity (Wildman–Crippen MR) is 92.9 cm³/mol. The molecule has 0 spiro atoms. The Morgan fingerprint density at radius 3 is 2.54 bits per heavy atom. The number of benzene rings is 1. The molecule has 0 unspecified atom stereocenters. The van der Waals surface area contributed by atoms with E-state index in [4.69, 9.17) is 4.52 Å². The van der Waals surface area contributed by atoms with Crippen molar-refractivity contribution in [3.05, 3.63) is 47.7 Å². The van der Waals surface area contributed by atoms with E-state index in [1.165, 1.54) is 5.56 Å². The van der Waals surface area contributed by atoms with Gasteiger partial charge in [0, 0.05) is 38.8 Å². The lowest BCUT2D eigenvalue weighted by Gasteiger charge is -2.34. The molecule has 128 valence electrons. The molecule has 1 aromatic carbocycles. The predicted octanol–water partition coefficient (Wildman–Crippen LogP) is 1.78. The van der Waals surface area contributed by atoms with Gasteiger partial charge in [0.25, 0.3) is 0 Å². The molecule has 1 aliphatic rings. The van der Waals surface area contributed by atoms with Crippen LogP contribution in [0.4, 0.5) is 5.82 Å². The normalized spacial score (nSPS) is 16.2. The van der Waals surface area contributed by atoms with E-state index in [1.54, 1.807) is 13.0 Å². The van der Waals surface area contributed by atoms with Crippen LogP contribution in [0.1, 0.15) is 11.3 Å². The van der Waals surface area contributed by atoms with E-state index >= 15 is 0 Å². The smallest absolute Gasteiger partial charge is 0.239 e. The Hall–Kier alpha value is -2.18. The first-order chi connectivity index (χ1) is 11.7. The molecule has 3 rings (SSSR count). The average Bonchev–Trinajstić information content (AvgIpc) is 3.00. The van der Waals surface area contributed by atoms with E-state index in [-0.39, 0.29) is 5.91 Å². The Labute approximate surface area is 142 Å². The number of aryl methyl sites for hydroxylation is 1. The van der Waals surface area contributed by atoms with E-state index in [0.717, 1.165) is 39.1 Å². The summed E-state index contributed by atoms with van der Waals surface area (Å²) in [5.74, 6) is 1.14. The van der Waals surface area contributed by atoms with Crippen LogP contribution in [0.25, 0.3) is 0 Å². The van der Waals surface area contributed by atoms with Gasteiger partial charge in [0.15, 0.2) is 5.82 Å². The minimum absolute atomic E-state index is 0.0407. The zero-order valence-electron chi connectivity index (χ0n) is 14.1. The monoisotopic (exact) mass is 328 g/mol. The second-order valence-corrected chi connectivity index (χ2v) is 6.22. The van der Waals surface area contributed by atoms with E-state index in [1.807, 2.05) is 6.07 Å². The number of amides is 1. The van der Waals surface area contributed by atoms with Crippen LogP contribution in [0.3, 0.4) is 0 Å². The quantitative estimate of drug-likeness (QED) is 0.876. The fourth-order valence-corrected chi connectivity index (χ4v) is 2.91. The third-order valence-corrected chi connectivity index (χ3v) is 4.29. The van der Waals surface area contributed by atoms with Gasteiger partial charge in [0.2, 0.25) is 5.91 Å². The number of hydrogen-bond acceptors (Lipinski definition) is 5. The molecule has 0 aliphatic carbocycles. The molecule has 1 aliphatic heterocycles. The summed E-state index contributed by atoms with van der Waals surface area (Å²) in [6.07, 6.45) is 1.08. The molecular weight excluding hydrogens is 304 g/mol. The largest absolute Gasteiger partial charge is 0.360 e. The van der Waals surface area contributed by atoms with Gasteiger partial charge in [-0.25, -0.2) is 0 Å². The summed E-state index contributed by atoms with van der Waals surface area (Å²) < 4.78 is 4.95. The van der Waals surface area contributed by atoms with Crippen LogP contribution in [0.5, 0.6) is 0 Å². The lowest BCUT2D eigenvalue weighted by molar-refractivity contribution is -0.117. The zero-order valence-corrected chi connectivity index (χ0v) is 14.1. The lowest BCUT2D eigenvalue weighted by atomic mass is 10.1. The number of nitrogens with zero attached hydrogens (tertiary/aromatic N) is 3. The number of hydrogen-bond donors (Lipinski definition) is 1. The topological polar surface area (TPSA) is 61.6 Å². The molecule has 1 fully saturated rings. The van der Waals surface area contributed by atoms with E-state index < -0.39 is 0 Å². The molecule has 6 heteroatoms. The second kappa shape index (κ2) is 8.08. The van der Waals surface area contributed by atoms with Crippen LogP contribution in [0.2, 0.25) is 0 Å². The molecule has 6 nitrogen and oxygen atoms in total. The van der Waals surface area contributed by atoms with Gasteiger partial charge in [0.05, 0.1) is 6.54 Å². The first-order valence-electron chi connectivity index (χ1n) is 8.41. The SMILES string of the molecule is Cc1cc(NC(=O)CN2CCN(CCc3ccccc3)CC2)no1. The fraction of sp³-hybridized carbons (Fsp3) is 0.444. The summed E-state index contributed by atoms with van der Waals surface area (Å²) in [5, 5.41) is 6.55. The van der Waals surface area contributed by atoms with Gasteiger partial charge >= 0.3 is 0 Å². The molecule has 0 saturated carbocycles. The van der Waals surface area contributed by atoms with Crippen molar-refractivity contribution < 1.29 is 9.32 Å². The van der Waals surface area contributed by atoms with Crippen molar-refractivity contribution in [2.24, 2.45) is 0 Å². The third-order valence-electron chi connectivity index (χ3n) is 4.29. The summed E-state index contributed by atoms with van der Waals surface area (Å²) in [4.78, 5) is 16.7. The number of rotatable bonds is 6. The summed E-state index contributed by atoms with van der Waals surface area (Å²) in [7, 11) is 0. The van der Waals surface area contributed by atoms with E-state index in [9.17, 15) is 4.79 Å². The van der Waals surface area contributed by atoms with Crippen LogP contribution in [-0.4, -0.2) is 60.1 Å². The highest BCUT2D eigenvalue weighted by Crippen LogP contribution is 2.08. The van der Waals surface area contributed by atoms with Gasteiger partial charge in [-0.05, 0) is 18.9 Å². The van der Waals surface area contributed by atoms with Crippen molar-refractivity contribution >= 4 is 11.7 Å². The zero-order chi connectivity index (χ0) is 16.8. The Morgan fingerprint density at radius 1 is 1.17 bits per heavy atom. The maximum atomic E-state index is 12.0. The maximum absolute atomic E-state index is 12.0. The van der Waals surface area contributed by atoms with Crippen molar-refractivity contribution in [3.8, 4) is 0 Å². The standard InChI is InChI=1S/C18H24N4O2/c1-15-13-17(20-24-15)19-18(23)14-22-11-9-21(10-12-22)8-7-16-5-3-2-4-6-16/h2-6,13H,7-12,14H2,1H3,(H,19,20,23). The number of carbonyl (C=O) groups excluding carboxylic acids is 1. The Balaban J connectivity index is 1.36. The number of piperazine rings is 1. The van der Waals surface area contributed by atoms with Gasteiger partial charge in [-0.1, -0.05) is 35.5 Å². The number of nitrogens with one attached hydrogen (secondary N) is 1. The van der Waals surface area contributed by atoms with Gasteiger partial charge in [0.1, 0.15) is 5.76 Å². The van der Waals surface area contributed by atoms with Crippen LogP contribution in [0.15, 0.2) is 40.9 Å². The summed E-state index contributed by atoms with van der Waals surface area (Å²) in [6, 6.07) is 12.3. The minimum Gasteiger partial charge on any atom is -0.360 e. The van der Waals surface area contributed by atoms with Crippen LogP contribution in [-0.2, 0) is 11.2 Å². The molecule has 24 heavy (non-hydrogen) atoms. The first-order valence-corrected chi connectivity index (χ1v) is 8.41. The molecular formula is C18H24N4O2. The summed E-state index contributed by atoms with van der Waals surface area (Å²) in [5.41, 5.74) is 1.38. The summed E-state index contributed by atoms with van der Waals surface area (Å²) in [6.45, 7) is 7.12. The Morgan fingerprint density at radius 2 is 1.88 bits per heavy atom. The van der Waals surface area contributed by atoms with E-state index in [0.29, 0.717) is 18.1 Å². The van der Waals surface area contributed by atoms with Crippen LogP contribution in [0, 0.1) is 6.92 Å². The van der Waals surface area contributed by atoms with Crippen LogP contribution >= 0.6 is 0 Å². The molecule has 0 radical (unpaired) electrons. The fourth-order valence-electron chi connectivity index (χ4n) is 2.91. The van der Waals surface area contributed by atoms with Crippen molar-refractivity contribution in [2.75, 3.05) is 44.6 Å². The molecule has 2 heterocycles. The lowest BCUT2D eigenvalue weighted by Crippen LogP contribution is -2.49. The minimum atomic E-state index is -0.0407. The third kappa shape index (κ3) is 4.91. The summed E-state index contributed by atoms with van der Waals surface area (Å²) >= 11 is 0. The highest BCUT2D eigenvalue weighted by atomic mass is 16.5. The molecule has 0 atom stereocenters. The van der Waals surface area contributed by atoms with Gasteiger partial charge < -0.3 is 14.7 Å². The number of carbonyl (C=O) groups is 1. The molecule has 2 aromatic rings.